The Morgan fingerprint density at radius 2 is 1.09 bits per heavy atom. The van der Waals surface area contributed by atoms with Crippen molar-refractivity contribution in [3.05, 3.63) is 71.3 Å². The van der Waals surface area contributed by atoms with Crippen molar-refractivity contribution in [3.63, 3.8) is 0 Å². The lowest BCUT2D eigenvalue weighted by Gasteiger charge is -2.36. The monoisotopic (exact) mass is 316 g/mol. The smallest absolute Gasteiger partial charge is 0.151 e. The minimum atomic E-state index is -0.285. The molecule has 1 fully saturated rings. The third kappa shape index (κ3) is 3.04. The Morgan fingerprint density at radius 1 is 0.739 bits per heavy atom. The van der Waals surface area contributed by atoms with E-state index in [-0.39, 0.29) is 41.3 Å². The number of rotatable bonds is 2. The summed E-state index contributed by atoms with van der Waals surface area (Å²) in [5, 5.41) is 2.15. The molecule has 1 heterocycles. The lowest BCUT2D eigenvalue weighted by atomic mass is 9.76. The summed E-state index contributed by atoms with van der Waals surface area (Å²) in [6.45, 7) is 3.84. The standard InChI is InChI=1S/C19H19F2NO/c1-11-17(13-3-7-15(20)8-4-13)22-18(12(2)19(11)23)14-5-9-16(21)10-6-14/h3-12,17-18,22H,1-2H3/p+1/t11-,12+,17-,18+. The summed E-state index contributed by atoms with van der Waals surface area (Å²) in [4.78, 5) is 12.7. The largest absolute Gasteiger partial charge is 0.333 e. The molecule has 4 atom stereocenters. The number of quaternary nitrogens is 1. The van der Waals surface area contributed by atoms with Gasteiger partial charge in [0.2, 0.25) is 0 Å². The molecule has 120 valence electrons. The quantitative estimate of drug-likeness (QED) is 0.907. The van der Waals surface area contributed by atoms with Gasteiger partial charge in [-0.15, -0.1) is 0 Å². The molecule has 3 rings (SSSR count). The molecule has 1 aliphatic rings. The molecule has 23 heavy (non-hydrogen) atoms. The molecule has 2 nitrogen and oxygen atoms in total. The summed E-state index contributed by atoms with van der Waals surface area (Å²) in [6.07, 6.45) is 0. The van der Waals surface area contributed by atoms with Crippen molar-refractivity contribution in [2.75, 3.05) is 0 Å². The summed E-state index contributed by atoms with van der Waals surface area (Å²) in [5.41, 5.74) is 1.87. The van der Waals surface area contributed by atoms with Gasteiger partial charge in [0.15, 0.2) is 5.78 Å². The highest BCUT2D eigenvalue weighted by molar-refractivity contribution is 5.84. The average Bonchev–Trinajstić information content (AvgIpc) is 2.55. The Labute approximate surface area is 134 Å². The highest BCUT2D eigenvalue weighted by Gasteiger charge is 2.43. The van der Waals surface area contributed by atoms with E-state index in [1.807, 2.05) is 13.8 Å². The van der Waals surface area contributed by atoms with Crippen LogP contribution in [0.3, 0.4) is 0 Å². The van der Waals surface area contributed by atoms with Gasteiger partial charge >= 0.3 is 0 Å². The van der Waals surface area contributed by atoms with E-state index in [1.54, 1.807) is 24.3 Å². The minimum Gasteiger partial charge on any atom is -0.333 e. The number of Topliss-reactive ketones (excluding diaryl/α,β-unsaturated/α-hetero) is 1. The van der Waals surface area contributed by atoms with Crippen LogP contribution >= 0.6 is 0 Å². The maximum atomic E-state index is 13.2. The Hall–Kier alpha value is -2.07. The first-order valence-electron chi connectivity index (χ1n) is 7.87. The number of hydrogen-bond acceptors (Lipinski definition) is 1. The van der Waals surface area contributed by atoms with Gasteiger partial charge in [0.25, 0.3) is 0 Å². The molecule has 2 aromatic carbocycles. The number of piperidine rings is 1. The van der Waals surface area contributed by atoms with Gasteiger partial charge in [0.05, 0.1) is 11.8 Å². The Kier molecular flexibility index (Phi) is 4.26. The van der Waals surface area contributed by atoms with Crippen LogP contribution < -0.4 is 5.32 Å². The first-order chi connectivity index (χ1) is 11.0. The zero-order valence-electron chi connectivity index (χ0n) is 13.2. The van der Waals surface area contributed by atoms with Crippen LogP contribution in [0.1, 0.15) is 37.1 Å². The molecule has 0 aromatic heterocycles. The van der Waals surface area contributed by atoms with Gasteiger partial charge in [0.1, 0.15) is 23.7 Å². The molecular formula is C19H20F2NO+. The fourth-order valence-electron chi connectivity index (χ4n) is 3.49. The summed E-state index contributed by atoms with van der Waals surface area (Å²) in [5.74, 6) is -0.672. The maximum Gasteiger partial charge on any atom is 0.151 e. The summed E-state index contributed by atoms with van der Waals surface area (Å²) in [7, 11) is 0. The van der Waals surface area contributed by atoms with Crippen LogP contribution in [-0.2, 0) is 4.79 Å². The van der Waals surface area contributed by atoms with Crippen LogP contribution in [-0.4, -0.2) is 5.78 Å². The highest BCUT2D eigenvalue weighted by atomic mass is 19.1. The van der Waals surface area contributed by atoms with Crippen molar-refractivity contribution in [1.82, 2.24) is 0 Å². The maximum absolute atomic E-state index is 13.2. The Bertz CT molecular complexity index is 637. The van der Waals surface area contributed by atoms with Gasteiger partial charge < -0.3 is 5.32 Å². The molecule has 4 heteroatoms. The van der Waals surface area contributed by atoms with Crippen molar-refractivity contribution >= 4 is 5.78 Å². The molecule has 0 aliphatic carbocycles. The second-order valence-electron chi connectivity index (χ2n) is 6.33. The third-order valence-corrected chi connectivity index (χ3v) is 4.90. The van der Waals surface area contributed by atoms with E-state index < -0.39 is 0 Å². The number of carbonyl (C=O) groups excluding carboxylic acids is 1. The van der Waals surface area contributed by atoms with E-state index in [2.05, 4.69) is 5.32 Å². The van der Waals surface area contributed by atoms with E-state index in [0.29, 0.717) is 0 Å². The van der Waals surface area contributed by atoms with Gasteiger partial charge in [0, 0.05) is 11.1 Å². The van der Waals surface area contributed by atoms with Crippen LogP contribution in [0.15, 0.2) is 48.5 Å². The fraction of sp³-hybridized carbons (Fsp3) is 0.316. The molecule has 0 spiro atoms. The minimum absolute atomic E-state index is 0.0608. The molecule has 1 aliphatic heterocycles. The Balaban J connectivity index is 1.94. The fourth-order valence-corrected chi connectivity index (χ4v) is 3.49. The van der Waals surface area contributed by atoms with Gasteiger partial charge in [-0.3, -0.25) is 4.79 Å². The molecular weight excluding hydrogens is 296 g/mol. The first kappa shape index (κ1) is 15.8. The summed E-state index contributed by atoms with van der Waals surface area (Å²) >= 11 is 0. The topological polar surface area (TPSA) is 33.7 Å². The van der Waals surface area contributed by atoms with Gasteiger partial charge in [-0.2, -0.15) is 0 Å². The number of halogens is 2. The third-order valence-electron chi connectivity index (χ3n) is 4.90. The molecule has 0 saturated carbocycles. The zero-order chi connectivity index (χ0) is 16.6. The van der Waals surface area contributed by atoms with Crippen molar-refractivity contribution in [2.45, 2.75) is 25.9 Å². The average molecular weight is 316 g/mol. The molecule has 2 aromatic rings. The van der Waals surface area contributed by atoms with Crippen LogP contribution in [0.5, 0.6) is 0 Å². The van der Waals surface area contributed by atoms with Crippen LogP contribution in [0.2, 0.25) is 0 Å². The summed E-state index contributed by atoms with van der Waals surface area (Å²) < 4.78 is 26.3. The molecule has 0 unspecified atom stereocenters. The SMILES string of the molecule is C[C@@H]1C(=O)[C@H](C)[C@H](c2ccc(F)cc2)[NH2+][C@@H]1c1ccc(F)cc1. The van der Waals surface area contributed by atoms with Crippen molar-refractivity contribution in [2.24, 2.45) is 11.8 Å². The molecule has 0 radical (unpaired) electrons. The lowest BCUT2D eigenvalue weighted by molar-refractivity contribution is -0.748. The van der Waals surface area contributed by atoms with Gasteiger partial charge in [-0.05, 0) is 38.1 Å². The van der Waals surface area contributed by atoms with E-state index in [4.69, 9.17) is 0 Å². The lowest BCUT2D eigenvalue weighted by Crippen LogP contribution is -2.91. The van der Waals surface area contributed by atoms with Crippen LogP contribution in [0.25, 0.3) is 0 Å². The van der Waals surface area contributed by atoms with Gasteiger partial charge in [-0.1, -0.05) is 24.3 Å². The predicted molar refractivity (Wildman–Crippen MR) is 83.5 cm³/mol. The number of carbonyl (C=O) groups is 1. The summed E-state index contributed by atoms with van der Waals surface area (Å²) in [6, 6.07) is 12.5. The van der Waals surface area contributed by atoms with E-state index in [9.17, 15) is 13.6 Å². The molecule has 1 saturated heterocycles. The van der Waals surface area contributed by atoms with E-state index in [1.165, 1.54) is 24.3 Å². The normalized spacial score (nSPS) is 27.9. The number of nitrogens with two attached hydrogens (primary N) is 1. The number of ketones is 1. The second kappa shape index (κ2) is 6.20. The first-order valence-corrected chi connectivity index (χ1v) is 7.87. The molecule has 0 amide bonds. The predicted octanol–water partition coefficient (Wildman–Crippen LogP) is 3.17. The molecule has 0 bridgehead atoms. The number of benzene rings is 2. The van der Waals surface area contributed by atoms with Crippen LogP contribution in [0.4, 0.5) is 8.78 Å². The van der Waals surface area contributed by atoms with E-state index >= 15 is 0 Å². The van der Waals surface area contributed by atoms with Crippen molar-refractivity contribution < 1.29 is 18.9 Å². The number of hydrogen-bond donors (Lipinski definition) is 1. The second-order valence-corrected chi connectivity index (χ2v) is 6.33. The van der Waals surface area contributed by atoms with Crippen molar-refractivity contribution in [3.8, 4) is 0 Å². The van der Waals surface area contributed by atoms with E-state index in [0.717, 1.165) is 11.1 Å². The zero-order valence-corrected chi connectivity index (χ0v) is 13.2. The Morgan fingerprint density at radius 3 is 1.43 bits per heavy atom. The highest BCUT2D eigenvalue weighted by Crippen LogP contribution is 2.32. The van der Waals surface area contributed by atoms with Crippen LogP contribution in [0, 0.1) is 23.5 Å². The van der Waals surface area contributed by atoms with Crippen molar-refractivity contribution in [1.29, 1.82) is 0 Å². The molecule has 2 N–H and O–H groups in total. The van der Waals surface area contributed by atoms with Gasteiger partial charge in [-0.25, -0.2) is 8.78 Å².